The quantitative estimate of drug-likeness (QED) is 0.605. The first-order valence-corrected chi connectivity index (χ1v) is 10.3. The van der Waals surface area contributed by atoms with Crippen LogP contribution in [0.1, 0.15) is 48.7 Å². The third-order valence-electron chi connectivity index (χ3n) is 5.52. The monoisotopic (exact) mass is 415 g/mol. The molecule has 4 N–H and O–H groups in total. The van der Waals surface area contributed by atoms with Gasteiger partial charge in [0.05, 0.1) is 28.4 Å². The number of benzene rings is 1. The molecule has 1 amide bonds. The van der Waals surface area contributed by atoms with E-state index >= 15 is 0 Å². The fourth-order valence-corrected chi connectivity index (χ4v) is 3.95. The molecule has 0 bridgehead atoms. The van der Waals surface area contributed by atoms with Gasteiger partial charge in [-0.15, -0.1) is 0 Å². The number of carboxylic acid groups (broad SMARTS) is 1. The molecule has 1 fully saturated rings. The number of aryl methyl sites for hydroxylation is 1. The Hall–Kier alpha value is -2.87. The van der Waals surface area contributed by atoms with E-state index in [1.165, 1.54) is 0 Å². The number of nitrogens with zero attached hydrogens (tertiary/aromatic N) is 1. The SMILES string of the molecule is CCOCC(=O)NCC1CCC(Oc2cccc3nc(C)c(C(=O)O)c(N)c23)CC1. The van der Waals surface area contributed by atoms with Crippen LogP contribution in [0.5, 0.6) is 5.75 Å². The van der Waals surface area contributed by atoms with Gasteiger partial charge in [-0.3, -0.25) is 9.78 Å². The maximum absolute atomic E-state index is 11.7. The summed E-state index contributed by atoms with van der Waals surface area (Å²) in [6, 6.07) is 5.45. The van der Waals surface area contributed by atoms with Gasteiger partial charge in [0.2, 0.25) is 5.91 Å². The lowest BCUT2D eigenvalue weighted by Gasteiger charge is -2.29. The zero-order valence-electron chi connectivity index (χ0n) is 17.4. The van der Waals surface area contributed by atoms with E-state index in [-0.39, 0.29) is 29.9 Å². The smallest absolute Gasteiger partial charge is 0.339 e. The number of amides is 1. The number of carboxylic acids is 1. The van der Waals surface area contributed by atoms with Gasteiger partial charge in [-0.2, -0.15) is 0 Å². The summed E-state index contributed by atoms with van der Waals surface area (Å²) in [5.41, 5.74) is 7.41. The molecular weight excluding hydrogens is 386 g/mol. The molecular formula is C22H29N3O5. The van der Waals surface area contributed by atoms with E-state index in [2.05, 4.69) is 10.3 Å². The molecule has 162 valence electrons. The van der Waals surface area contributed by atoms with Crippen molar-refractivity contribution in [1.29, 1.82) is 0 Å². The summed E-state index contributed by atoms with van der Waals surface area (Å²) in [7, 11) is 0. The number of aromatic carboxylic acids is 1. The third-order valence-corrected chi connectivity index (χ3v) is 5.52. The van der Waals surface area contributed by atoms with Gasteiger partial charge in [-0.25, -0.2) is 4.79 Å². The highest BCUT2D eigenvalue weighted by atomic mass is 16.5. The Morgan fingerprint density at radius 3 is 2.67 bits per heavy atom. The van der Waals surface area contributed by atoms with Crippen LogP contribution in [-0.4, -0.2) is 47.8 Å². The van der Waals surface area contributed by atoms with Gasteiger partial charge in [0, 0.05) is 13.2 Å². The molecule has 2 aromatic rings. The largest absolute Gasteiger partial charge is 0.490 e. The zero-order valence-corrected chi connectivity index (χ0v) is 17.4. The number of nitrogens with one attached hydrogen (secondary N) is 1. The molecule has 1 heterocycles. The number of carbonyl (C=O) groups is 2. The van der Waals surface area contributed by atoms with Crippen molar-refractivity contribution in [3.05, 3.63) is 29.5 Å². The van der Waals surface area contributed by atoms with E-state index < -0.39 is 5.97 Å². The fraction of sp³-hybridized carbons (Fsp3) is 0.500. The van der Waals surface area contributed by atoms with Crippen LogP contribution in [0.15, 0.2) is 18.2 Å². The molecule has 0 radical (unpaired) electrons. The molecule has 0 spiro atoms. The Labute approximate surface area is 175 Å². The molecule has 1 aromatic carbocycles. The first-order valence-electron chi connectivity index (χ1n) is 10.3. The van der Waals surface area contributed by atoms with Crippen LogP contribution in [-0.2, 0) is 9.53 Å². The van der Waals surface area contributed by atoms with Gasteiger partial charge < -0.3 is 25.6 Å². The summed E-state index contributed by atoms with van der Waals surface area (Å²) in [5, 5.41) is 13.0. The van der Waals surface area contributed by atoms with Crippen molar-refractivity contribution in [1.82, 2.24) is 10.3 Å². The molecule has 30 heavy (non-hydrogen) atoms. The summed E-state index contributed by atoms with van der Waals surface area (Å²) in [6.45, 7) is 4.77. The third kappa shape index (κ3) is 4.99. The average Bonchev–Trinajstić information content (AvgIpc) is 2.71. The highest BCUT2D eigenvalue weighted by Crippen LogP contribution is 2.36. The molecule has 0 atom stereocenters. The Morgan fingerprint density at radius 2 is 2.00 bits per heavy atom. The van der Waals surface area contributed by atoms with Crippen molar-refractivity contribution < 1.29 is 24.2 Å². The summed E-state index contributed by atoms with van der Waals surface area (Å²) < 4.78 is 11.3. The van der Waals surface area contributed by atoms with Crippen molar-refractivity contribution >= 4 is 28.5 Å². The van der Waals surface area contributed by atoms with Crippen LogP contribution in [0.25, 0.3) is 10.9 Å². The summed E-state index contributed by atoms with van der Waals surface area (Å²) in [5.74, 6) is -0.205. The van der Waals surface area contributed by atoms with Crippen LogP contribution < -0.4 is 15.8 Å². The number of hydrogen-bond acceptors (Lipinski definition) is 6. The molecule has 1 saturated carbocycles. The van der Waals surface area contributed by atoms with E-state index in [0.29, 0.717) is 41.4 Å². The van der Waals surface area contributed by atoms with Gasteiger partial charge in [-0.1, -0.05) is 6.07 Å². The maximum atomic E-state index is 11.7. The van der Waals surface area contributed by atoms with Crippen molar-refractivity contribution in [2.24, 2.45) is 5.92 Å². The number of aromatic nitrogens is 1. The van der Waals surface area contributed by atoms with Crippen molar-refractivity contribution in [3.8, 4) is 5.75 Å². The van der Waals surface area contributed by atoms with Crippen LogP contribution in [0.2, 0.25) is 0 Å². The standard InChI is InChI=1S/C22H29N3O5/c1-3-29-12-18(26)24-11-14-7-9-15(10-8-14)30-17-6-4-5-16-20(17)21(23)19(22(27)28)13(2)25-16/h4-6,14-15H,3,7-12H2,1-2H3,(H2,23,25)(H,24,26)(H,27,28). The number of ether oxygens (including phenoxy) is 2. The molecule has 1 aliphatic rings. The molecule has 1 aliphatic carbocycles. The minimum Gasteiger partial charge on any atom is -0.490 e. The number of pyridine rings is 1. The summed E-state index contributed by atoms with van der Waals surface area (Å²) >= 11 is 0. The van der Waals surface area contributed by atoms with E-state index in [1.807, 2.05) is 13.0 Å². The van der Waals surface area contributed by atoms with Gasteiger partial charge in [0.1, 0.15) is 17.9 Å². The van der Waals surface area contributed by atoms with Crippen molar-refractivity contribution in [2.75, 3.05) is 25.5 Å². The molecule has 8 nitrogen and oxygen atoms in total. The molecule has 0 aliphatic heterocycles. The number of fused-ring (bicyclic) bond motifs is 1. The molecule has 1 aromatic heterocycles. The normalized spacial score (nSPS) is 18.9. The van der Waals surface area contributed by atoms with Crippen LogP contribution in [0.4, 0.5) is 5.69 Å². The second-order valence-electron chi connectivity index (χ2n) is 7.64. The highest BCUT2D eigenvalue weighted by molar-refractivity contribution is 6.06. The van der Waals surface area contributed by atoms with E-state index in [0.717, 1.165) is 25.7 Å². The number of rotatable bonds is 8. The summed E-state index contributed by atoms with van der Waals surface area (Å²) in [4.78, 5) is 27.7. The highest BCUT2D eigenvalue weighted by Gasteiger charge is 2.25. The first kappa shape index (κ1) is 21.8. The maximum Gasteiger partial charge on any atom is 0.339 e. The van der Waals surface area contributed by atoms with Gasteiger partial charge in [0.25, 0.3) is 0 Å². The first-order chi connectivity index (χ1) is 14.4. The second kappa shape index (κ2) is 9.75. The summed E-state index contributed by atoms with van der Waals surface area (Å²) in [6.07, 6.45) is 3.61. The number of nitrogen functional groups attached to an aromatic ring is 1. The van der Waals surface area contributed by atoms with Crippen molar-refractivity contribution in [2.45, 2.75) is 45.6 Å². The number of hydrogen-bond donors (Lipinski definition) is 3. The molecule has 0 saturated heterocycles. The van der Waals surface area contributed by atoms with E-state index in [4.69, 9.17) is 15.2 Å². The van der Waals surface area contributed by atoms with Gasteiger partial charge in [-0.05, 0) is 57.6 Å². The Balaban J connectivity index is 1.65. The Morgan fingerprint density at radius 1 is 1.27 bits per heavy atom. The predicted octanol–water partition coefficient (Wildman–Crippen LogP) is 2.91. The van der Waals surface area contributed by atoms with Crippen LogP contribution in [0, 0.1) is 12.8 Å². The lowest BCUT2D eigenvalue weighted by atomic mass is 9.87. The number of carbonyl (C=O) groups excluding carboxylic acids is 1. The predicted molar refractivity (Wildman–Crippen MR) is 114 cm³/mol. The van der Waals surface area contributed by atoms with Crippen LogP contribution in [0.3, 0.4) is 0 Å². The van der Waals surface area contributed by atoms with E-state index in [1.54, 1.807) is 19.1 Å². The Bertz CT molecular complexity index is 923. The van der Waals surface area contributed by atoms with E-state index in [9.17, 15) is 14.7 Å². The van der Waals surface area contributed by atoms with Gasteiger partial charge in [0.15, 0.2) is 0 Å². The zero-order chi connectivity index (χ0) is 21.7. The average molecular weight is 415 g/mol. The fourth-order valence-electron chi connectivity index (χ4n) is 3.95. The number of anilines is 1. The van der Waals surface area contributed by atoms with Crippen molar-refractivity contribution in [3.63, 3.8) is 0 Å². The van der Waals surface area contributed by atoms with Gasteiger partial charge >= 0.3 is 5.97 Å². The molecule has 3 rings (SSSR count). The molecule has 8 heteroatoms. The topological polar surface area (TPSA) is 124 Å². The Kier molecular flexibility index (Phi) is 7.10. The minimum absolute atomic E-state index is 0.0138. The lowest BCUT2D eigenvalue weighted by molar-refractivity contribution is -0.125. The number of nitrogens with two attached hydrogens (primary N) is 1. The minimum atomic E-state index is -1.10. The second-order valence-corrected chi connectivity index (χ2v) is 7.64. The lowest BCUT2D eigenvalue weighted by Crippen LogP contribution is -2.35. The molecule has 0 unspecified atom stereocenters. The van der Waals surface area contributed by atoms with Crippen LogP contribution >= 0.6 is 0 Å².